The van der Waals surface area contributed by atoms with E-state index in [0.717, 1.165) is 16.9 Å². The number of benzene rings is 1. The molecule has 1 aromatic carbocycles. The van der Waals surface area contributed by atoms with Gasteiger partial charge in [-0.05, 0) is 23.1 Å². The van der Waals surface area contributed by atoms with E-state index in [1.165, 1.54) is 7.11 Å². The summed E-state index contributed by atoms with van der Waals surface area (Å²) in [5.41, 5.74) is 2.10. The van der Waals surface area contributed by atoms with Gasteiger partial charge in [-0.3, -0.25) is 4.79 Å². The molecule has 0 spiro atoms. The van der Waals surface area contributed by atoms with Gasteiger partial charge in [0.05, 0.1) is 20.6 Å². The highest BCUT2D eigenvalue weighted by Crippen LogP contribution is 2.27. The van der Waals surface area contributed by atoms with E-state index in [0.29, 0.717) is 38.5 Å². The lowest BCUT2D eigenvalue weighted by atomic mass is 9.98. The Hall–Kier alpha value is -2.24. The Morgan fingerprint density at radius 3 is 2.25 bits per heavy atom. The summed E-state index contributed by atoms with van der Waals surface area (Å²) >= 11 is 0. The molecule has 1 aliphatic heterocycles. The molecule has 6 nitrogen and oxygen atoms in total. The minimum absolute atomic E-state index is 0.0828. The Morgan fingerprint density at radius 2 is 1.71 bits per heavy atom. The lowest BCUT2D eigenvalue weighted by Crippen LogP contribution is -2.50. The molecule has 6 heteroatoms. The normalized spacial score (nSPS) is 14.7. The fourth-order valence-corrected chi connectivity index (χ4v) is 2.90. The van der Waals surface area contributed by atoms with Crippen molar-refractivity contribution in [2.24, 2.45) is 0 Å². The number of carbonyl (C=O) groups is 2. The monoisotopic (exact) mass is 334 g/mol. The van der Waals surface area contributed by atoms with Crippen molar-refractivity contribution in [3.63, 3.8) is 0 Å². The van der Waals surface area contributed by atoms with E-state index >= 15 is 0 Å². The van der Waals surface area contributed by atoms with Gasteiger partial charge in [0, 0.05) is 26.2 Å². The van der Waals surface area contributed by atoms with Crippen molar-refractivity contribution in [3.8, 4) is 5.75 Å². The van der Waals surface area contributed by atoms with E-state index in [2.05, 4.69) is 13.8 Å². The van der Waals surface area contributed by atoms with Crippen LogP contribution in [-0.2, 0) is 16.0 Å². The van der Waals surface area contributed by atoms with Crippen LogP contribution in [-0.4, -0.2) is 62.2 Å². The molecular formula is C18H26N2O4. The van der Waals surface area contributed by atoms with Crippen LogP contribution in [0, 0.1) is 0 Å². The third-order valence-electron chi connectivity index (χ3n) is 4.34. The predicted octanol–water partition coefficient (Wildman–Crippen LogP) is 2.27. The molecule has 1 heterocycles. The van der Waals surface area contributed by atoms with Crippen molar-refractivity contribution in [1.82, 2.24) is 9.80 Å². The molecule has 2 amide bonds. The number of hydrogen-bond donors (Lipinski definition) is 0. The van der Waals surface area contributed by atoms with Crippen LogP contribution in [0.15, 0.2) is 18.2 Å². The third-order valence-corrected chi connectivity index (χ3v) is 4.34. The summed E-state index contributed by atoms with van der Waals surface area (Å²) in [6.45, 7) is 6.32. The maximum Gasteiger partial charge on any atom is 0.409 e. The van der Waals surface area contributed by atoms with Gasteiger partial charge in [-0.1, -0.05) is 26.0 Å². The van der Waals surface area contributed by atoms with Crippen molar-refractivity contribution < 1.29 is 19.1 Å². The van der Waals surface area contributed by atoms with Gasteiger partial charge in [-0.15, -0.1) is 0 Å². The maximum absolute atomic E-state index is 12.5. The Bertz CT molecular complexity index is 593. The van der Waals surface area contributed by atoms with Gasteiger partial charge in [0.1, 0.15) is 5.75 Å². The number of nitrogens with zero attached hydrogens (tertiary/aromatic N) is 2. The van der Waals surface area contributed by atoms with Crippen molar-refractivity contribution in [2.45, 2.75) is 26.2 Å². The van der Waals surface area contributed by atoms with Gasteiger partial charge in [0.15, 0.2) is 0 Å². The van der Waals surface area contributed by atoms with E-state index in [1.54, 1.807) is 16.9 Å². The Labute approximate surface area is 143 Å². The molecule has 0 saturated carbocycles. The van der Waals surface area contributed by atoms with Crippen LogP contribution in [0.2, 0.25) is 0 Å². The number of carbonyl (C=O) groups excluding carboxylic acids is 2. The lowest BCUT2D eigenvalue weighted by molar-refractivity contribution is -0.132. The molecule has 0 aliphatic carbocycles. The van der Waals surface area contributed by atoms with E-state index in [1.807, 2.05) is 18.2 Å². The van der Waals surface area contributed by atoms with Crippen LogP contribution in [0.5, 0.6) is 5.75 Å². The summed E-state index contributed by atoms with van der Waals surface area (Å²) in [5, 5.41) is 0. The zero-order valence-corrected chi connectivity index (χ0v) is 14.9. The molecule has 0 N–H and O–H groups in total. The molecule has 0 atom stereocenters. The Morgan fingerprint density at radius 1 is 1.08 bits per heavy atom. The second kappa shape index (κ2) is 8.04. The summed E-state index contributed by atoms with van der Waals surface area (Å²) in [6.07, 6.45) is 0.0286. The topological polar surface area (TPSA) is 59.1 Å². The fraction of sp³-hybridized carbons (Fsp3) is 0.556. The van der Waals surface area contributed by atoms with Crippen LogP contribution in [0.4, 0.5) is 4.79 Å². The van der Waals surface area contributed by atoms with Crippen molar-refractivity contribution in [2.75, 3.05) is 40.4 Å². The molecule has 1 saturated heterocycles. The molecular weight excluding hydrogens is 308 g/mol. The second-order valence-electron chi connectivity index (χ2n) is 6.25. The molecule has 0 unspecified atom stereocenters. The first-order chi connectivity index (χ1) is 11.5. The quantitative estimate of drug-likeness (QED) is 0.847. The van der Waals surface area contributed by atoms with Crippen LogP contribution in [0.25, 0.3) is 0 Å². The fourth-order valence-electron chi connectivity index (χ4n) is 2.90. The molecule has 1 fully saturated rings. The predicted molar refractivity (Wildman–Crippen MR) is 91.3 cm³/mol. The maximum atomic E-state index is 12.5. The minimum atomic E-state index is -0.334. The minimum Gasteiger partial charge on any atom is -0.496 e. The Balaban J connectivity index is 1.98. The molecule has 0 radical (unpaired) electrons. The number of hydrogen-bond acceptors (Lipinski definition) is 4. The summed E-state index contributed by atoms with van der Waals surface area (Å²) in [7, 11) is 3.03. The zero-order chi connectivity index (χ0) is 17.7. The van der Waals surface area contributed by atoms with Crippen LogP contribution < -0.4 is 4.74 Å². The van der Waals surface area contributed by atoms with Crippen molar-refractivity contribution in [1.29, 1.82) is 0 Å². The molecule has 0 aromatic heterocycles. The number of rotatable bonds is 4. The largest absolute Gasteiger partial charge is 0.496 e. The number of piperazine rings is 1. The second-order valence-corrected chi connectivity index (χ2v) is 6.25. The van der Waals surface area contributed by atoms with Crippen molar-refractivity contribution in [3.05, 3.63) is 29.3 Å². The zero-order valence-electron chi connectivity index (χ0n) is 14.9. The number of methoxy groups -OCH3 is 2. The molecule has 2 rings (SSSR count). The molecule has 1 aliphatic rings. The van der Waals surface area contributed by atoms with Gasteiger partial charge in [0.2, 0.25) is 5.91 Å². The van der Waals surface area contributed by atoms with E-state index in [9.17, 15) is 9.59 Å². The van der Waals surface area contributed by atoms with Gasteiger partial charge >= 0.3 is 6.09 Å². The lowest BCUT2D eigenvalue weighted by Gasteiger charge is -2.34. The molecule has 0 bridgehead atoms. The highest BCUT2D eigenvalue weighted by atomic mass is 16.5. The summed E-state index contributed by atoms with van der Waals surface area (Å²) < 4.78 is 10.1. The summed E-state index contributed by atoms with van der Waals surface area (Å²) in [6, 6.07) is 5.91. The average molecular weight is 334 g/mol. The van der Waals surface area contributed by atoms with Crippen LogP contribution in [0.1, 0.15) is 30.9 Å². The van der Waals surface area contributed by atoms with Gasteiger partial charge in [0.25, 0.3) is 0 Å². The highest BCUT2D eigenvalue weighted by molar-refractivity contribution is 5.79. The molecule has 1 aromatic rings. The van der Waals surface area contributed by atoms with E-state index < -0.39 is 0 Å². The SMILES string of the molecule is COC(=O)N1CCN(C(=O)Cc2ccc(OC)c(C(C)C)c2)CC1. The van der Waals surface area contributed by atoms with Gasteiger partial charge in [-0.25, -0.2) is 4.79 Å². The first kappa shape index (κ1) is 18.1. The first-order valence-corrected chi connectivity index (χ1v) is 8.23. The highest BCUT2D eigenvalue weighted by Gasteiger charge is 2.24. The van der Waals surface area contributed by atoms with Crippen molar-refractivity contribution >= 4 is 12.0 Å². The Kier molecular flexibility index (Phi) is 6.06. The third kappa shape index (κ3) is 4.19. The smallest absolute Gasteiger partial charge is 0.409 e. The van der Waals surface area contributed by atoms with Crippen LogP contribution >= 0.6 is 0 Å². The molecule has 24 heavy (non-hydrogen) atoms. The standard InChI is InChI=1S/C18H26N2O4/c1-13(2)15-11-14(5-6-16(15)23-3)12-17(21)19-7-9-20(10-8-19)18(22)24-4/h5-6,11,13H,7-10,12H2,1-4H3. The van der Waals surface area contributed by atoms with Gasteiger partial charge in [-0.2, -0.15) is 0 Å². The summed E-state index contributed by atoms with van der Waals surface area (Å²) in [4.78, 5) is 27.4. The van der Waals surface area contributed by atoms with E-state index in [-0.39, 0.29) is 12.0 Å². The van der Waals surface area contributed by atoms with E-state index in [4.69, 9.17) is 9.47 Å². The number of ether oxygens (including phenoxy) is 2. The number of amides is 2. The summed E-state index contributed by atoms with van der Waals surface area (Å²) in [5.74, 6) is 1.27. The molecule has 132 valence electrons. The van der Waals surface area contributed by atoms with Gasteiger partial charge < -0.3 is 19.3 Å². The van der Waals surface area contributed by atoms with Crippen LogP contribution in [0.3, 0.4) is 0 Å². The first-order valence-electron chi connectivity index (χ1n) is 8.23. The average Bonchev–Trinajstić information content (AvgIpc) is 2.61.